The Hall–Kier alpha value is -2.15. The average Bonchev–Trinajstić information content (AvgIpc) is 3.16. The van der Waals surface area contributed by atoms with Crippen molar-refractivity contribution in [2.24, 2.45) is 0 Å². The molecule has 3 heterocycles. The van der Waals surface area contributed by atoms with Crippen LogP contribution < -0.4 is 5.32 Å². The summed E-state index contributed by atoms with van der Waals surface area (Å²) in [6.07, 6.45) is 6.27. The third kappa shape index (κ3) is 3.04. The van der Waals surface area contributed by atoms with Gasteiger partial charge >= 0.3 is 0 Å². The van der Waals surface area contributed by atoms with Gasteiger partial charge in [0.1, 0.15) is 0 Å². The molecule has 22 heavy (non-hydrogen) atoms. The molecule has 2 aromatic rings. The van der Waals surface area contributed by atoms with Gasteiger partial charge in [0.25, 0.3) is 0 Å². The van der Waals surface area contributed by atoms with Crippen LogP contribution in [-0.2, 0) is 24.4 Å². The molecular formula is C15H22N6O. The van der Waals surface area contributed by atoms with Gasteiger partial charge in [-0.1, -0.05) is 0 Å². The summed E-state index contributed by atoms with van der Waals surface area (Å²) in [5.74, 6) is 0.0482. The van der Waals surface area contributed by atoms with Crippen molar-refractivity contribution >= 4 is 5.91 Å². The summed E-state index contributed by atoms with van der Waals surface area (Å²) in [4.78, 5) is 14.1. The van der Waals surface area contributed by atoms with Crippen molar-refractivity contribution in [1.82, 2.24) is 29.8 Å². The minimum Gasteiger partial charge on any atom is -0.359 e. The Labute approximate surface area is 129 Å². The molecule has 118 valence electrons. The zero-order valence-corrected chi connectivity index (χ0v) is 13.1. The van der Waals surface area contributed by atoms with Gasteiger partial charge in [0.2, 0.25) is 5.91 Å². The van der Waals surface area contributed by atoms with Gasteiger partial charge in [-0.15, -0.1) is 0 Å². The summed E-state index contributed by atoms with van der Waals surface area (Å²) in [5.41, 5.74) is 2.36. The van der Waals surface area contributed by atoms with Gasteiger partial charge in [0.05, 0.1) is 24.4 Å². The highest BCUT2D eigenvalue weighted by atomic mass is 16.1. The number of fused-ring (bicyclic) bond motifs is 1. The fraction of sp³-hybridized carbons (Fsp3) is 0.533. The Morgan fingerprint density at radius 3 is 3.05 bits per heavy atom. The molecule has 1 N–H and O–H groups in total. The van der Waals surface area contributed by atoms with Crippen LogP contribution in [0.5, 0.6) is 0 Å². The van der Waals surface area contributed by atoms with E-state index in [1.54, 1.807) is 7.05 Å². The van der Waals surface area contributed by atoms with Crippen molar-refractivity contribution in [1.29, 1.82) is 0 Å². The molecule has 0 saturated heterocycles. The lowest BCUT2D eigenvalue weighted by atomic mass is 10.1. The number of nitrogens with one attached hydrogen (secondary N) is 1. The van der Waals surface area contributed by atoms with E-state index >= 15 is 0 Å². The molecule has 0 unspecified atom stereocenters. The van der Waals surface area contributed by atoms with E-state index in [2.05, 4.69) is 33.5 Å². The molecule has 1 atom stereocenters. The molecule has 0 spiro atoms. The zero-order valence-electron chi connectivity index (χ0n) is 13.1. The Morgan fingerprint density at radius 2 is 2.32 bits per heavy atom. The van der Waals surface area contributed by atoms with Crippen molar-refractivity contribution in [2.45, 2.75) is 39.0 Å². The molecule has 7 nitrogen and oxygen atoms in total. The highest BCUT2D eigenvalue weighted by Crippen LogP contribution is 2.24. The standard InChI is InChI=1S/C15H22N6O/c1-3-20-9-12(7-18-20)8-19-10-13-4-5-17-21(13)14(11-19)6-15(22)16-2/h4-5,7,9,14H,3,6,8,10-11H2,1-2H3,(H,16,22)/t14-/m0/s1. The second kappa shape index (κ2) is 6.31. The van der Waals surface area contributed by atoms with Gasteiger partial charge in [-0.3, -0.25) is 19.1 Å². The van der Waals surface area contributed by atoms with Crippen LogP contribution >= 0.6 is 0 Å². The lowest BCUT2D eigenvalue weighted by molar-refractivity contribution is -0.121. The molecule has 7 heteroatoms. The number of nitrogens with zero attached hydrogens (tertiary/aromatic N) is 5. The maximum atomic E-state index is 11.7. The van der Waals surface area contributed by atoms with Crippen molar-refractivity contribution in [3.05, 3.63) is 35.9 Å². The summed E-state index contributed by atoms with van der Waals surface area (Å²) >= 11 is 0. The van der Waals surface area contributed by atoms with Crippen LogP contribution in [0.2, 0.25) is 0 Å². The zero-order chi connectivity index (χ0) is 15.5. The van der Waals surface area contributed by atoms with E-state index in [-0.39, 0.29) is 11.9 Å². The van der Waals surface area contributed by atoms with E-state index in [0.29, 0.717) is 6.42 Å². The topological polar surface area (TPSA) is 68.0 Å². The molecule has 1 amide bonds. The summed E-state index contributed by atoms with van der Waals surface area (Å²) in [7, 11) is 1.67. The number of aromatic nitrogens is 4. The summed E-state index contributed by atoms with van der Waals surface area (Å²) < 4.78 is 3.92. The molecule has 0 aliphatic carbocycles. The third-order valence-corrected chi connectivity index (χ3v) is 4.07. The number of rotatable bonds is 5. The number of carbonyl (C=O) groups excluding carboxylic acids is 1. The first-order valence-electron chi connectivity index (χ1n) is 7.66. The Bertz CT molecular complexity index is 646. The van der Waals surface area contributed by atoms with Crippen LogP contribution in [0.1, 0.15) is 30.6 Å². The lowest BCUT2D eigenvalue weighted by Crippen LogP contribution is -2.39. The molecule has 1 aliphatic rings. The van der Waals surface area contributed by atoms with Crippen LogP contribution in [0.15, 0.2) is 24.7 Å². The van der Waals surface area contributed by atoms with Crippen molar-refractivity contribution in [3.8, 4) is 0 Å². The van der Waals surface area contributed by atoms with Gasteiger partial charge in [-0.2, -0.15) is 10.2 Å². The molecular weight excluding hydrogens is 280 g/mol. The highest BCUT2D eigenvalue weighted by Gasteiger charge is 2.27. The number of aryl methyl sites for hydroxylation is 1. The molecule has 0 saturated carbocycles. The number of hydrogen-bond donors (Lipinski definition) is 1. The molecule has 3 rings (SSSR count). The largest absolute Gasteiger partial charge is 0.359 e. The maximum absolute atomic E-state index is 11.7. The molecule has 0 aromatic carbocycles. The van der Waals surface area contributed by atoms with Crippen LogP contribution in [0.4, 0.5) is 0 Å². The number of carbonyl (C=O) groups is 1. The molecule has 1 aliphatic heterocycles. The third-order valence-electron chi connectivity index (χ3n) is 4.07. The highest BCUT2D eigenvalue weighted by molar-refractivity contribution is 5.76. The minimum absolute atomic E-state index is 0.0482. The van der Waals surface area contributed by atoms with Crippen LogP contribution in [0.25, 0.3) is 0 Å². The second-order valence-electron chi connectivity index (χ2n) is 5.67. The summed E-state index contributed by atoms with van der Waals surface area (Å²) in [6.45, 7) is 5.47. The molecule has 0 radical (unpaired) electrons. The summed E-state index contributed by atoms with van der Waals surface area (Å²) in [5, 5.41) is 11.4. The van der Waals surface area contributed by atoms with E-state index in [9.17, 15) is 4.79 Å². The average molecular weight is 302 g/mol. The molecule has 0 fully saturated rings. The Kier molecular flexibility index (Phi) is 4.24. The van der Waals surface area contributed by atoms with Gasteiger partial charge in [-0.05, 0) is 13.0 Å². The van der Waals surface area contributed by atoms with E-state index in [4.69, 9.17) is 0 Å². The fourth-order valence-electron chi connectivity index (χ4n) is 2.97. The molecule has 0 bridgehead atoms. The predicted molar refractivity (Wildman–Crippen MR) is 82.0 cm³/mol. The van der Waals surface area contributed by atoms with Crippen LogP contribution in [0, 0.1) is 0 Å². The van der Waals surface area contributed by atoms with E-state index in [1.807, 2.05) is 27.8 Å². The second-order valence-corrected chi connectivity index (χ2v) is 5.67. The predicted octanol–water partition coefficient (Wildman–Crippen LogP) is 0.792. The van der Waals surface area contributed by atoms with Crippen molar-refractivity contribution < 1.29 is 4.79 Å². The number of amides is 1. The van der Waals surface area contributed by atoms with Gasteiger partial charge in [0, 0.05) is 51.2 Å². The van der Waals surface area contributed by atoms with E-state index in [1.165, 1.54) is 5.56 Å². The maximum Gasteiger partial charge on any atom is 0.221 e. The van der Waals surface area contributed by atoms with Gasteiger partial charge in [0.15, 0.2) is 0 Å². The normalized spacial score (nSPS) is 18.2. The van der Waals surface area contributed by atoms with Gasteiger partial charge < -0.3 is 5.32 Å². The fourth-order valence-corrected chi connectivity index (χ4v) is 2.97. The first kappa shape index (κ1) is 14.8. The van der Waals surface area contributed by atoms with Crippen LogP contribution in [-0.4, -0.2) is 44.0 Å². The lowest BCUT2D eigenvalue weighted by Gasteiger charge is -2.33. The van der Waals surface area contributed by atoms with E-state index < -0.39 is 0 Å². The van der Waals surface area contributed by atoms with Crippen molar-refractivity contribution in [3.63, 3.8) is 0 Å². The van der Waals surface area contributed by atoms with Crippen LogP contribution in [0.3, 0.4) is 0 Å². The first-order valence-corrected chi connectivity index (χ1v) is 7.66. The SMILES string of the molecule is CCn1cc(CN2Cc3ccnn3[C@@H](CC(=O)NC)C2)cn1. The Balaban J connectivity index is 1.73. The first-order chi connectivity index (χ1) is 10.7. The summed E-state index contributed by atoms with van der Waals surface area (Å²) in [6, 6.07) is 2.11. The monoisotopic (exact) mass is 302 g/mol. The van der Waals surface area contributed by atoms with Crippen molar-refractivity contribution in [2.75, 3.05) is 13.6 Å². The number of hydrogen-bond acceptors (Lipinski definition) is 4. The smallest absolute Gasteiger partial charge is 0.221 e. The quantitative estimate of drug-likeness (QED) is 0.887. The van der Waals surface area contributed by atoms with E-state index in [0.717, 1.165) is 31.9 Å². The Morgan fingerprint density at radius 1 is 1.45 bits per heavy atom. The minimum atomic E-state index is 0.0482. The van der Waals surface area contributed by atoms with Gasteiger partial charge in [-0.25, -0.2) is 0 Å². The molecule has 2 aromatic heterocycles.